The monoisotopic (exact) mass is 480 g/mol. The zero-order valence-corrected chi connectivity index (χ0v) is 19.3. The third-order valence-electron chi connectivity index (χ3n) is 5.10. The molecular formula is C22H25ClN2O6S. The Morgan fingerprint density at radius 3 is 2.28 bits per heavy atom. The molecule has 0 aromatic heterocycles. The van der Waals surface area contributed by atoms with Crippen molar-refractivity contribution < 1.29 is 27.5 Å². The van der Waals surface area contributed by atoms with Gasteiger partial charge in [-0.3, -0.25) is 4.79 Å². The summed E-state index contributed by atoms with van der Waals surface area (Å²) in [7, 11) is -3.66. The number of hydrogen-bond acceptors (Lipinski definition) is 6. The van der Waals surface area contributed by atoms with Gasteiger partial charge < -0.3 is 14.4 Å². The van der Waals surface area contributed by atoms with Gasteiger partial charge in [0.25, 0.3) is 5.91 Å². The van der Waals surface area contributed by atoms with Gasteiger partial charge >= 0.3 is 5.97 Å². The first kappa shape index (κ1) is 24.0. The first-order chi connectivity index (χ1) is 15.3. The molecule has 10 heteroatoms. The van der Waals surface area contributed by atoms with Crippen LogP contribution in [0.4, 0.5) is 0 Å². The highest BCUT2D eigenvalue weighted by Crippen LogP contribution is 2.20. The Morgan fingerprint density at radius 2 is 1.62 bits per heavy atom. The van der Waals surface area contributed by atoms with Crippen LogP contribution < -0.4 is 4.74 Å². The molecule has 1 aliphatic heterocycles. The van der Waals surface area contributed by atoms with Gasteiger partial charge in [-0.15, -0.1) is 0 Å². The number of esters is 1. The molecule has 0 N–H and O–H groups in total. The molecule has 1 fully saturated rings. The molecule has 0 aliphatic carbocycles. The lowest BCUT2D eigenvalue weighted by Crippen LogP contribution is -2.51. The molecule has 1 amide bonds. The van der Waals surface area contributed by atoms with Crippen molar-refractivity contribution in [2.24, 2.45) is 0 Å². The molecule has 0 spiro atoms. The predicted molar refractivity (Wildman–Crippen MR) is 119 cm³/mol. The Labute approximate surface area is 192 Å². The maximum atomic E-state index is 12.7. The number of sulfonamides is 1. The SMILES string of the molecule is CCc1ccccc1OCC(=O)OCC(=O)N1CCN(S(=O)(=O)c2ccc(Cl)cc2)CC1. The third-order valence-corrected chi connectivity index (χ3v) is 7.26. The molecule has 1 saturated heterocycles. The van der Waals surface area contributed by atoms with Crippen molar-refractivity contribution in [3.8, 4) is 5.75 Å². The molecule has 1 heterocycles. The number of carbonyl (C=O) groups is 2. The molecular weight excluding hydrogens is 456 g/mol. The number of hydrogen-bond donors (Lipinski definition) is 0. The van der Waals surface area contributed by atoms with E-state index in [0.29, 0.717) is 10.8 Å². The van der Waals surface area contributed by atoms with E-state index >= 15 is 0 Å². The minimum atomic E-state index is -3.66. The van der Waals surface area contributed by atoms with E-state index in [9.17, 15) is 18.0 Å². The van der Waals surface area contributed by atoms with Gasteiger partial charge in [-0.25, -0.2) is 13.2 Å². The van der Waals surface area contributed by atoms with Crippen molar-refractivity contribution >= 4 is 33.5 Å². The van der Waals surface area contributed by atoms with E-state index in [-0.39, 0.29) is 43.6 Å². The van der Waals surface area contributed by atoms with E-state index in [0.717, 1.165) is 12.0 Å². The van der Waals surface area contributed by atoms with Gasteiger partial charge in [-0.05, 0) is 42.3 Å². The summed E-state index contributed by atoms with van der Waals surface area (Å²) in [6.45, 7) is 2.01. The molecule has 0 bridgehead atoms. The molecule has 0 unspecified atom stereocenters. The quantitative estimate of drug-likeness (QED) is 0.538. The first-order valence-corrected chi connectivity index (χ1v) is 12.0. The second-order valence-corrected chi connectivity index (χ2v) is 9.52. The number of aryl methyl sites for hydroxylation is 1. The lowest BCUT2D eigenvalue weighted by Gasteiger charge is -2.33. The highest BCUT2D eigenvalue weighted by atomic mass is 35.5. The van der Waals surface area contributed by atoms with Gasteiger partial charge in [0, 0.05) is 31.2 Å². The molecule has 0 atom stereocenters. The van der Waals surface area contributed by atoms with Gasteiger partial charge in [0.05, 0.1) is 4.90 Å². The van der Waals surface area contributed by atoms with E-state index in [4.69, 9.17) is 21.1 Å². The number of piperazine rings is 1. The van der Waals surface area contributed by atoms with Gasteiger partial charge in [0.1, 0.15) is 5.75 Å². The highest BCUT2D eigenvalue weighted by Gasteiger charge is 2.30. The zero-order chi connectivity index (χ0) is 23.1. The van der Waals surface area contributed by atoms with Crippen molar-refractivity contribution in [1.29, 1.82) is 0 Å². The molecule has 0 radical (unpaired) electrons. The van der Waals surface area contributed by atoms with Gasteiger partial charge in [0.2, 0.25) is 10.0 Å². The number of carbonyl (C=O) groups excluding carboxylic acids is 2. The van der Waals surface area contributed by atoms with Gasteiger partial charge in [-0.1, -0.05) is 36.7 Å². The molecule has 3 rings (SSSR count). The number of nitrogens with zero attached hydrogens (tertiary/aromatic N) is 2. The number of ether oxygens (including phenoxy) is 2. The third kappa shape index (κ3) is 5.99. The summed E-state index contributed by atoms with van der Waals surface area (Å²) in [6.07, 6.45) is 0.767. The number of benzene rings is 2. The normalized spacial score (nSPS) is 14.8. The van der Waals surface area contributed by atoms with Crippen molar-refractivity contribution in [2.45, 2.75) is 18.2 Å². The topological polar surface area (TPSA) is 93.2 Å². The lowest BCUT2D eigenvalue weighted by molar-refractivity contribution is -0.154. The average Bonchev–Trinajstić information content (AvgIpc) is 2.81. The summed E-state index contributed by atoms with van der Waals surface area (Å²) in [5, 5.41) is 0.453. The number of amides is 1. The van der Waals surface area contributed by atoms with Crippen molar-refractivity contribution in [1.82, 2.24) is 9.21 Å². The summed E-state index contributed by atoms with van der Waals surface area (Å²) < 4.78 is 37.3. The smallest absolute Gasteiger partial charge is 0.344 e. The molecule has 2 aromatic rings. The molecule has 0 saturated carbocycles. The van der Waals surface area contributed by atoms with Crippen LogP contribution in [0.25, 0.3) is 0 Å². The van der Waals surface area contributed by atoms with Crippen LogP contribution in [0.3, 0.4) is 0 Å². The van der Waals surface area contributed by atoms with E-state index in [1.807, 2.05) is 25.1 Å². The summed E-state index contributed by atoms with van der Waals surface area (Å²) >= 11 is 5.82. The van der Waals surface area contributed by atoms with Crippen LogP contribution in [-0.2, 0) is 30.8 Å². The Bertz CT molecular complexity index is 1050. The minimum Gasteiger partial charge on any atom is -0.482 e. The summed E-state index contributed by atoms with van der Waals surface area (Å²) in [4.78, 5) is 26.0. The second kappa shape index (κ2) is 10.8. The summed E-state index contributed by atoms with van der Waals surface area (Å²) in [5.74, 6) is -0.416. The fraction of sp³-hybridized carbons (Fsp3) is 0.364. The maximum Gasteiger partial charge on any atom is 0.344 e. The number of halogens is 1. The minimum absolute atomic E-state index is 0.153. The lowest BCUT2D eigenvalue weighted by atomic mass is 10.1. The first-order valence-electron chi connectivity index (χ1n) is 10.2. The van der Waals surface area contributed by atoms with Crippen molar-refractivity contribution in [3.05, 3.63) is 59.1 Å². The van der Waals surface area contributed by atoms with Crippen LogP contribution in [0, 0.1) is 0 Å². The van der Waals surface area contributed by atoms with Crippen LogP contribution in [0.1, 0.15) is 12.5 Å². The number of para-hydroxylation sites is 1. The van der Waals surface area contributed by atoms with E-state index in [1.165, 1.54) is 33.5 Å². The van der Waals surface area contributed by atoms with E-state index in [2.05, 4.69) is 0 Å². The van der Waals surface area contributed by atoms with Crippen LogP contribution >= 0.6 is 11.6 Å². The fourth-order valence-electron chi connectivity index (χ4n) is 3.28. The zero-order valence-electron chi connectivity index (χ0n) is 17.7. The van der Waals surface area contributed by atoms with Crippen molar-refractivity contribution in [2.75, 3.05) is 39.4 Å². The van der Waals surface area contributed by atoms with E-state index < -0.39 is 22.6 Å². The predicted octanol–water partition coefficient (Wildman–Crippen LogP) is 2.36. The maximum absolute atomic E-state index is 12.7. The highest BCUT2D eigenvalue weighted by molar-refractivity contribution is 7.89. The van der Waals surface area contributed by atoms with Gasteiger partial charge in [-0.2, -0.15) is 4.31 Å². The Balaban J connectivity index is 1.44. The van der Waals surface area contributed by atoms with E-state index in [1.54, 1.807) is 6.07 Å². The van der Waals surface area contributed by atoms with Crippen LogP contribution in [0.2, 0.25) is 5.02 Å². The molecule has 8 nitrogen and oxygen atoms in total. The van der Waals surface area contributed by atoms with Crippen LogP contribution in [0.5, 0.6) is 5.75 Å². The molecule has 2 aromatic carbocycles. The van der Waals surface area contributed by atoms with Crippen molar-refractivity contribution in [3.63, 3.8) is 0 Å². The Morgan fingerprint density at radius 1 is 0.969 bits per heavy atom. The standard InChI is InChI=1S/C22H25ClN2O6S/c1-2-17-5-3-4-6-20(17)30-16-22(27)31-15-21(26)24-11-13-25(14-12-24)32(28,29)19-9-7-18(23)8-10-19/h3-10H,2,11-16H2,1H3. The fourth-order valence-corrected chi connectivity index (χ4v) is 4.83. The number of rotatable bonds is 8. The Kier molecular flexibility index (Phi) is 8.11. The van der Waals surface area contributed by atoms with Crippen LogP contribution in [0.15, 0.2) is 53.4 Å². The summed E-state index contributed by atoms with van der Waals surface area (Å²) in [5.41, 5.74) is 0.975. The average molecular weight is 481 g/mol. The molecule has 172 valence electrons. The second-order valence-electron chi connectivity index (χ2n) is 7.15. The Hall–Kier alpha value is -2.62. The molecule has 32 heavy (non-hydrogen) atoms. The van der Waals surface area contributed by atoms with Gasteiger partial charge in [0.15, 0.2) is 13.2 Å². The molecule has 1 aliphatic rings. The summed E-state index contributed by atoms with van der Waals surface area (Å²) in [6, 6.07) is 13.3. The largest absolute Gasteiger partial charge is 0.482 e. The van der Waals surface area contributed by atoms with Crippen LogP contribution in [-0.4, -0.2) is 68.9 Å².